The van der Waals surface area contributed by atoms with E-state index in [1.54, 1.807) is 30.5 Å². The number of piperazine rings is 1. The number of aromatic nitrogens is 2. The third-order valence-corrected chi connectivity index (χ3v) is 12.1. The Bertz CT molecular complexity index is 2420. The summed E-state index contributed by atoms with van der Waals surface area (Å²) in [7, 11) is 0. The number of pyridine rings is 2. The van der Waals surface area contributed by atoms with Crippen molar-refractivity contribution in [2.45, 2.75) is 59.1 Å². The molecule has 2 fully saturated rings. The Hall–Kier alpha value is -6.24. The number of nitrogens with two attached hydrogens (primary N) is 1. The monoisotopic (exact) mass is 834 g/mol. The molecule has 3 aliphatic rings. The number of benzene rings is 2. The van der Waals surface area contributed by atoms with Crippen LogP contribution < -0.4 is 35.9 Å². The molecule has 0 atom stereocenters. The summed E-state index contributed by atoms with van der Waals surface area (Å²) in [5.41, 5.74) is 4.52. The second kappa shape index (κ2) is 16.8. The van der Waals surface area contributed by atoms with Crippen LogP contribution in [0.1, 0.15) is 94.1 Å². The number of ether oxygens (including phenoxy) is 2. The van der Waals surface area contributed by atoms with E-state index >= 15 is 0 Å². The van der Waals surface area contributed by atoms with Crippen LogP contribution in [0.5, 0.6) is 11.5 Å². The van der Waals surface area contributed by atoms with Crippen molar-refractivity contribution >= 4 is 46.7 Å². The van der Waals surface area contributed by atoms with Crippen LogP contribution in [0.3, 0.4) is 0 Å². The van der Waals surface area contributed by atoms with Gasteiger partial charge in [-0.05, 0) is 80.4 Å². The molecule has 4 heterocycles. The van der Waals surface area contributed by atoms with E-state index in [9.17, 15) is 29.2 Å². The zero-order valence-corrected chi connectivity index (χ0v) is 34.7. The third kappa shape index (κ3) is 8.17. The number of H-pyrrole nitrogens is 1. The van der Waals surface area contributed by atoms with Gasteiger partial charge in [-0.3, -0.25) is 28.9 Å². The van der Waals surface area contributed by atoms with E-state index in [1.165, 1.54) is 24.3 Å². The third-order valence-electron chi connectivity index (χ3n) is 11.8. The van der Waals surface area contributed by atoms with Crippen LogP contribution in [0.15, 0.2) is 71.7 Å². The molecule has 2 aromatic heterocycles. The molecule has 4 aromatic rings. The number of nitriles is 1. The molecule has 1 saturated carbocycles. The van der Waals surface area contributed by atoms with E-state index in [0.29, 0.717) is 34.3 Å². The van der Waals surface area contributed by atoms with Crippen LogP contribution in [0.2, 0.25) is 5.02 Å². The first kappa shape index (κ1) is 41.9. The molecule has 0 spiro atoms. The smallest absolute Gasteiger partial charge is 0.273 e. The predicted octanol–water partition coefficient (Wildman–Crippen LogP) is 5.18. The first-order valence-electron chi connectivity index (χ1n) is 19.9. The number of primary amides is 1. The number of aromatic amines is 1. The van der Waals surface area contributed by atoms with Crippen molar-refractivity contribution in [2.24, 2.45) is 16.6 Å². The average Bonchev–Trinajstić information content (AvgIpc) is 3.47. The van der Waals surface area contributed by atoms with Crippen molar-refractivity contribution in [3.63, 3.8) is 0 Å². The second-order valence-electron chi connectivity index (χ2n) is 16.5. The maximum atomic E-state index is 13.4. The molecule has 0 bridgehead atoms. The molecule has 4 N–H and O–H groups in total. The van der Waals surface area contributed by atoms with Gasteiger partial charge in [-0.2, -0.15) is 5.26 Å². The van der Waals surface area contributed by atoms with Crippen LogP contribution >= 0.6 is 11.6 Å². The molecule has 1 saturated heterocycles. The van der Waals surface area contributed by atoms with Gasteiger partial charge in [0, 0.05) is 55.3 Å². The maximum Gasteiger partial charge on any atom is 0.273 e. The molecule has 312 valence electrons. The molecular formula is C44H47ClN8O7. The van der Waals surface area contributed by atoms with Gasteiger partial charge in [0.05, 0.1) is 33.9 Å². The Morgan fingerprint density at radius 1 is 0.917 bits per heavy atom. The van der Waals surface area contributed by atoms with Gasteiger partial charge in [0.1, 0.15) is 40.9 Å². The summed E-state index contributed by atoms with van der Waals surface area (Å²) in [4.78, 5) is 75.9. The van der Waals surface area contributed by atoms with Gasteiger partial charge in [0.25, 0.3) is 29.2 Å². The maximum absolute atomic E-state index is 13.4. The Balaban J connectivity index is 0.815. The summed E-state index contributed by atoms with van der Waals surface area (Å²) >= 11 is 6.24. The first-order valence-corrected chi connectivity index (χ1v) is 20.3. The van der Waals surface area contributed by atoms with Crippen molar-refractivity contribution in [3.05, 3.63) is 110 Å². The van der Waals surface area contributed by atoms with Crippen LogP contribution in [-0.2, 0) is 0 Å². The van der Waals surface area contributed by atoms with Gasteiger partial charge < -0.3 is 30.4 Å². The Kier molecular flexibility index (Phi) is 11.7. The number of carbonyl (C=O) groups excluding carboxylic acids is 4. The summed E-state index contributed by atoms with van der Waals surface area (Å²) in [5.74, 6) is -0.446. The number of unbranched alkanes of at least 4 members (excludes halogenated alkanes) is 2. The fourth-order valence-electron chi connectivity index (χ4n) is 8.84. The van der Waals surface area contributed by atoms with Gasteiger partial charge in [0.2, 0.25) is 0 Å². The number of rotatable bonds is 14. The lowest BCUT2D eigenvalue weighted by Gasteiger charge is -2.63. The molecule has 4 amide bonds. The van der Waals surface area contributed by atoms with Crippen molar-refractivity contribution < 1.29 is 28.7 Å². The van der Waals surface area contributed by atoms with Crippen molar-refractivity contribution in [3.8, 4) is 17.6 Å². The zero-order valence-electron chi connectivity index (χ0n) is 33.9. The van der Waals surface area contributed by atoms with Gasteiger partial charge in [-0.15, -0.1) is 0 Å². The van der Waals surface area contributed by atoms with Gasteiger partial charge in [0.15, 0.2) is 0 Å². The fourth-order valence-corrected chi connectivity index (χ4v) is 9.05. The molecular weight excluding hydrogens is 788 g/mol. The first-order chi connectivity index (χ1) is 28.6. The minimum absolute atomic E-state index is 0.130. The largest absolute Gasteiger partial charge is 0.494 e. The lowest BCUT2D eigenvalue weighted by molar-refractivity contribution is -0.164. The van der Waals surface area contributed by atoms with E-state index in [2.05, 4.69) is 58.8 Å². The molecule has 2 aliphatic heterocycles. The topological polar surface area (TPSA) is 204 Å². The lowest BCUT2D eigenvalue weighted by Crippen LogP contribution is -2.74. The van der Waals surface area contributed by atoms with Crippen LogP contribution in [0, 0.1) is 22.2 Å². The molecule has 15 nitrogen and oxygen atoms in total. The molecule has 0 radical (unpaired) electrons. The minimum Gasteiger partial charge on any atom is -0.494 e. The molecule has 16 heteroatoms. The number of hydrogen-bond donors (Lipinski definition) is 3. The van der Waals surface area contributed by atoms with Crippen LogP contribution in [-0.4, -0.2) is 90.0 Å². The highest BCUT2D eigenvalue weighted by Gasteiger charge is 2.64. The molecule has 1 aliphatic carbocycles. The predicted molar refractivity (Wildman–Crippen MR) is 225 cm³/mol. The Morgan fingerprint density at radius 3 is 2.28 bits per heavy atom. The van der Waals surface area contributed by atoms with Gasteiger partial charge in [-0.25, -0.2) is 9.88 Å². The van der Waals surface area contributed by atoms with Gasteiger partial charge in [-0.1, -0.05) is 39.3 Å². The summed E-state index contributed by atoms with van der Waals surface area (Å²) in [6, 6.07) is 17.8. The van der Waals surface area contributed by atoms with Crippen molar-refractivity contribution in [2.75, 3.05) is 49.1 Å². The van der Waals surface area contributed by atoms with Gasteiger partial charge >= 0.3 is 0 Å². The quantitative estimate of drug-likeness (QED) is 0.112. The summed E-state index contributed by atoms with van der Waals surface area (Å²) < 4.78 is 12.3. The average molecular weight is 835 g/mol. The van der Waals surface area contributed by atoms with E-state index in [0.717, 1.165) is 62.7 Å². The highest BCUT2D eigenvalue weighted by molar-refractivity contribution is 6.34. The Morgan fingerprint density at radius 2 is 1.63 bits per heavy atom. The molecule has 7 rings (SSSR count). The number of fused-ring (bicyclic) bond motifs is 1. The van der Waals surface area contributed by atoms with E-state index in [-0.39, 0.29) is 51.4 Å². The number of hydrogen-bond acceptors (Lipinski definition) is 11. The second-order valence-corrected chi connectivity index (χ2v) is 17.0. The normalized spacial score (nSPS) is 19.3. The van der Waals surface area contributed by atoms with Crippen molar-refractivity contribution in [1.29, 1.82) is 5.26 Å². The number of nitrogens with zero attached hydrogens (tertiary/aromatic N) is 5. The highest BCUT2D eigenvalue weighted by Crippen LogP contribution is 2.55. The van der Waals surface area contributed by atoms with Crippen LogP contribution in [0.4, 0.5) is 11.5 Å². The van der Waals surface area contributed by atoms with E-state index in [4.69, 9.17) is 26.8 Å². The number of nitrogens with one attached hydrogen (secondary N) is 2. The minimum atomic E-state index is -0.835. The highest BCUT2D eigenvalue weighted by atomic mass is 35.5. The standard InChI is InChI=1S/C44H47ClN8O7/c1-43(2)41(44(3,4)42(43)60-29-10-8-26(24-46)32(45)23-29)50-37(55)27-9-15-35(48-25-27)52-19-17-51(18-20-52)16-6-5-7-21-59-28-11-12-30-31(22-28)40(58)53(39(30)57)34-14-13-33(36(47)54)49-38(34)56/h8-15,22-23,25,41-42H,5-7,16-21H2,1-4H3,(H2,47,54)(H,49,56)(H,50,55). The molecule has 0 unspecified atom stereocenters. The number of carbonyl (C=O) groups is 4. The van der Waals surface area contributed by atoms with E-state index in [1.807, 2.05) is 12.1 Å². The zero-order chi connectivity index (χ0) is 42.9. The number of imide groups is 1. The van der Waals surface area contributed by atoms with Crippen molar-refractivity contribution in [1.82, 2.24) is 20.2 Å². The SMILES string of the molecule is CC1(C)C(NC(=O)c2ccc(N3CCN(CCCCCOc4ccc5c(c4)C(=O)N(c4ccc(C(N)=O)[nH]c4=O)C5=O)CC3)nc2)C(C)(C)C1Oc1ccc(C#N)c(Cl)c1. The fraction of sp³-hybridized carbons (Fsp3) is 0.386. The number of halogens is 1. The summed E-state index contributed by atoms with van der Waals surface area (Å²) in [6.45, 7) is 13.1. The summed E-state index contributed by atoms with van der Waals surface area (Å²) in [5, 5.41) is 12.8. The number of anilines is 2. The molecule has 60 heavy (non-hydrogen) atoms. The van der Waals surface area contributed by atoms with Crippen LogP contribution in [0.25, 0.3) is 0 Å². The molecule has 2 aromatic carbocycles. The number of amides is 4. The lowest BCUT2D eigenvalue weighted by atomic mass is 9.49. The van der Waals surface area contributed by atoms with E-state index < -0.39 is 23.3 Å². The Labute approximate surface area is 352 Å². The summed E-state index contributed by atoms with van der Waals surface area (Å²) in [6.07, 6.45) is 4.17.